The Morgan fingerprint density at radius 1 is 1.29 bits per heavy atom. The summed E-state index contributed by atoms with van der Waals surface area (Å²) in [5.74, 6) is 0. The van der Waals surface area contributed by atoms with Crippen molar-refractivity contribution in [1.29, 1.82) is 0 Å². The number of amides is 1. The first-order valence-corrected chi connectivity index (χ1v) is 6.51. The maximum atomic E-state index is 11.7. The molecule has 0 bridgehead atoms. The standard InChI is InChI=1S/C13H26N2O2/c1-10(2)17-12(16)15-8-6-11(7-9-15)14-13(3,4)5/h10-11,14H,6-9H2,1-5H3. The van der Waals surface area contributed by atoms with Gasteiger partial charge in [0.15, 0.2) is 0 Å². The van der Waals surface area contributed by atoms with Gasteiger partial charge in [0.25, 0.3) is 0 Å². The van der Waals surface area contributed by atoms with Crippen molar-refractivity contribution >= 4 is 6.09 Å². The normalized spacial score (nSPS) is 18.6. The van der Waals surface area contributed by atoms with E-state index in [0.29, 0.717) is 6.04 Å². The SMILES string of the molecule is CC(C)OC(=O)N1CCC(NC(C)(C)C)CC1. The van der Waals surface area contributed by atoms with Gasteiger partial charge in [-0.25, -0.2) is 4.79 Å². The predicted molar refractivity (Wildman–Crippen MR) is 69.1 cm³/mol. The minimum Gasteiger partial charge on any atom is -0.447 e. The van der Waals surface area contributed by atoms with Gasteiger partial charge in [0, 0.05) is 24.7 Å². The zero-order chi connectivity index (χ0) is 13.1. The second-order valence-electron chi connectivity index (χ2n) is 6.09. The molecule has 4 nitrogen and oxygen atoms in total. The lowest BCUT2D eigenvalue weighted by Crippen LogP contribution is -2.50. The van der Waals surface area contributed by atoms with E-state index in [1.165, 1.54) is 0 Å². The Morgan fingerprint density at radius 3 is 2.24 bits per heavy atom. The zero-order valence-corrected chi connectivity index (χ0v) is 11.7. The third-order valence-corrected chi connectivity index (χ3v) is 2.73. The molecule has 4 heteroatoms. The van der Waals surface area contributed by atoms with Crippen LogP contribution in [-0.2, 0) is 4.74 Å². The van der Waals surface area contributed by atoms with E-state index in [2.05, 4.69) is 26.1 Å². The summed E-state index contributed by atoms with van der Waals surface area (Å²) >= 11 is 0. The van der Waals surface area contributed by atoms with Gasteiger partial charge < -0.3 is 15.0 Å². The molecule has 0 saturated carbocycles. The summed E-state index contributed by atoms with van der Waals surface area (Å²) in [6, 6.07) is 0.512. The molecule has 0 spiro atoms. The number of piperidine rings is 1. The third kappa shape index (κ3) is 5.39. The van der Waals surface area contributed by atoms with Crippen molar-refractivity contribution in [3.63, 3.8) is 0 Å². The van der Waals surface area contributed by atoms with Crippen molar-refractivity contribution in [3.05, 3.63) is 0 Å². The largest absolute Gasteiger partial charge is 0.447 e. The maximum Gasteiger partial charge on any atom is 0.410 e. The molecule has 1 aliphatic rings. The molecule has 1 N–H and O–H groups in total. The van der Waals surface area contributed by atoms with Crippen molar-refractivity contribution in [2.45, 2.75) is 65.1 Å². The van der Waals surface area contributed by atoms with Gasteiger partial charge >= 0.3 is 6.09 Å². The minimum absolute atomic E-state index is 0.0343. The van der Waals surface area contributed by atoms with Crippen LogP contribution in [0.4, 0.5) is 4.79 Å². The van der Waals surface area contributed by atoms with Gasteiger partial charge in [-0.2, -0.15) is 0 Å². The van der Waals surface area contributed by atoms with Crippen LogP contribution in [0.15, 0.2) is 0 Å². The Bertz CT molecular complexity index is 251. The van der Waals surface area contributed by atoms with Gasteiger partial charge in [-0.15, -0.1) is 0 Å². The molecule has 0 aliphatic carbocycles. The number of carbonyl (C=O) groups excluding carboxylic acids is 1. The van der Waals surface area contributed by atoms with Crippen LogP contribution in [0, 0.1) is 0 Å². The fourth-order valence-electron chi connectivity index (χ4n) is 2.09. The van der Waals surface area contributed by atoms with Crippen LogP contribution in [0.1, 0.15) is 47.5 Å². The molecule has 1 heterocycles. The summed E-state index contributed by atoms with van der Waals surface area (Å²) in [7, 11) is 0. The Kier molecular flexibility index (Phi) is 4.80. The van der Waals surface area contributed by atoms with E-state index >= 15 is 0 Å². The van der Waals surface area contributed by atoms with Crippen LogP contribution in [0.3, 0.4) is 0 Å². The number of hydrogen-bond donors (Lipinski definition) is 1. The van der Waals surface area contributed by atoms with Crippen LogP contribution < -0.4 is 5.32 Å². The number of ether oxygens (including phenoxy) is 1. The number of nitrogens with zero attached hydrogens (tertiary/aromatic N) is 1. The predicted octanol–water partition coefficient (Wildman–Crippen LogP) is 2.38. The molecular weight excluding hydrogens is 216 g/mol. The number of nitrogens with one attached hydrogen (secondary N) is 1. The summed E-state index contributed by atoms with van der Waals surface area (Å²) in [4.78, 5) is 13.5. The van der Waals surface area contributed by atoms with Gasteiger partial charge in [0.05, 0.1) is 6.10 Å². The first-order chi connectivity index (χ1) is 7.78. The van der Waals surface area contributed by atoms with E-state index in [4.69, 9.17) is 4.74 Å². The van der Waals surface area contributed by atoms with E-state index in [0.717, 1.165) is 25.9 Å². The fourth-order valence-corrected chi connectivity index (χ4v) is 2.09. The van der Waals surface area contributed by atoms with Gasteiger partial charge in [-0.3, -0.25) is 0 Å². The number of rotatable bonds is 2. The Hall–Kier alpha value is -0.770. The van der Waals surface area contributed by atoms with Crippen molar-refractivity contribution in [3.8, 4) is 0 Å². The summed E-state index contributed by atoms with van der Waals surface area (Å²) in [6.07, 6.45) is 1.80. The van der Waals surface area contributed by atoms with Crippen molar-refractivity contribution in [2.75, 3.05) is 13.1 Å². The van der Waals surface area contributed by atoms with Crippen LogP contribution in [0.25, 0.3) is 0 Å². The van der Waals surface area contributed by atoms with E-state index in [1.54, 1.807) is 4.90 Å². The first kappa shape index (κ1) is 14.3. The van der Waals surface area contributed by atoms with E-state index in [9.17, 15) is 4.79 Å². The van der Waals surface area contributed by atoms with Crippen LogP contribution >= 0.6 is 0 Å². The summed E-state index contributed by atoms with van der Waals surface area (Å²) < 4.78 is 5.19. The molecule has 1 saturated heterocycles. The topological polar surface area (TPSA) is 41.6 Å². The Balaban J connectivity index is 2.33. The zero-order valence-electron chi connectivity index (χ0n) is 11.7. The monoisotopic (exact) mass is 242 g/mol. The molecule has 1 aliphatic heterocycles. The highest BCUT2D eigenvalue weighted by Crippen LogP contribution is 2.15. The van der Waals surface area contributed by atoms with Gasteiger partial charge in [0.1, 0.15) is 0 Å². The Labute approximate surface area is 105 Å². The van der Waals surface area contributed by atoms with Crippen molar-refractivity contribution in [1.82, 2.24) is 10.2 Å². The van der Waals surface area contributed by atoms with E-state index in [1.807, 2.05) is 13.8 Å². The smallest absolute Gasteiger partial charge is 0.410 e. The quantitative estimate of drug-likeness (QED) is 0.808. The van der Waals surface area contributed by atoms with Gasteiger partial charge in [-0.05, 0) is 47.5 Å². The summed E-state index contributed by atoms with van der Waals surface area (Å²) in [5, 5.41) is 3.58. The van der Waals surface area contributed by atoms with Crippen LogP contribution in [0.5, 0.6) is 0 Å². The fraction of sp³-hybridized carbons (Fsp3) is 0.923. The summed E-state index contributed by atoms with van der Waals surface area (Å²) in [6.45, 7) is 11.9. The highest BCUT2D eigenvalue weighted by Gasteiger charge is 2.26. The average Bonchev–Trinajstić information content (AvgIpc) is 2.15. The number of likely N-dealkylation sites (tertiary alicyclic amines) is 1. The molecule has 0 aromatic carbocycles. The van der Waals surface area contributed by atoms with Crippen molar-refractivity contribution < 1.29 is 9.53 Å². The lowest BCUT2D eigenvalue weighted by molar-refractivity contribution is 0.0666. The molecule has 0 aromatic rings. The lowest BCUT2D eigenvalue weighted by Gasteiger charge is -2.35. The molecule has 0 unspecified atom stereocenters. The highest BCUT2D eigenvalue weighted by molar-refractivity contribution is 5.67. The molecular formula is C13H26N2O2. The second-order valence-corrected chi connectivity index (χ2v) is 6.09. The average molecular weight is 242 g/mol. The lowest BCUT2D eigenvalue weighted by atomic mass is 10.0. The molecule has 0 atom stereocenters. The second kappa shape index (κ2) is 5.71. The van der Waals surface area contributed by atoms with E-state index in [-0.39, 0.29) is 17.7 Å². The number of hydrogen-bond acceptors (Lipinski definition) is 3. The molecule has 1 rings (SSSR count). The molecule has 1 amide bonds. The maximum absolute atomic E-state index is 11.7. The number of carbonyl (C=O) groups is 1. The first-order valence-electron chi connectivity index (χ1n) is 6.51. The molecule has 1 fully saturated rings. The third-order valence-electron chi connectivity index (χ3n) is 2.73. The molecule has 0 radical (unpaired) electrons. The summed E-state index contributed by atoms with van der Waals surface area (Å²) in [5.41, 5.74) is 0.144. The van der Waals surface area contributed by atoms with Crippen LogP contribution in [-0.4, -0.2) is 41.8 Å². The van der Waals surface area contributed by atoms with Gasteiger partial charge in [-0.1, -0.05) is 0 Å². The van der Waals surface area contributed by atoms with E-state index < -0.39 is 0 Å². The van der Waals surface area contributed by atoms with Crippen LogP contribution in [0.2, 0.25) is 0 Å². The van der Waals surface area contributed by atoms with Crippen molar-refractivity contribution in [2.24, 2.45) is 0 Å². The highest BCUT2D eigenvalue weighted by atomic mass is 16.6. The molecule has 100 valence electrons. The molecule has 0 aromatic heterocycles. The minimum atomic E-state index is -0.172. The van der Waals surface area contributed by atoms with Gasteiger partial charge in [0.2, 0.25) is 0 Å². The molecule has 17 heavy (non-hydrogen) atoms. The Morgan fingerprint density at radius 2 is 1.82 bits per heavy atom.